The Kier molecular flexibility index (Phi) is 5.38. The number of nitrogens with one attached hydrogen (secondary N) is 2. The number of carbonyl (C=O) groups excluding carboxylic acids is 1. The number of anilines is 2. The molecule has 8 heteroatoms. The molecule has 1 aromatic heterocycles. The number of aromatic nitrogens is 2. The van der Waals surface area contributed by atoms with Crippen LogP contribution in [0, 0.1) is 12.7 Å². The summed E-state index contributed by atoms with van der Waals surface area (Å²) in [7, 11) is 0. The number of hydrogen-bond acceptors (Lipinski definition) is 3. The molecule has 0 atom stereocenters. The number of nitrogens with zero attached hydrogens (tertiary/aromatic N) is 2. The number of para-hydroxylation sites is 1. The Labute approximate surface area is 154 Å². The van der Waals surface area contributed by atoms with Gasteiger partial charge in [0.1, 0.15) is 11.6 Å². The summed E-state index contributed by atoms with van der Waals surface area (Å²) >= 11 is 5.90. The summed E-state index contributed by atoms with van der Waals surface area (Å²) in [5.41, 5.74) is 2.19. The second-order valence-corrected chi connectivity index (χ2v) is 5.92. The third-order valence-corrected chi connectivity index (χ3v) is 3.83. The maximum absolute atomic E-state index is 13.0. The van der Waals surface area contributed by atoms with E-state index in [1.807, 2.05) is 31.2 Å². The summed E-state index contributed by atoms with van der Waals surface area (Å²) < 4.78 is 20.0. The molecule has 0 unspecified atom stereocenters. The fourth-order valence-corrected chi connectivity index (χ4v) is 2.45. The number of ether oxygens (including phenoxy) is 1. The van der Waals surface area contributed by atoms with E-state index < -0.39 is 5.82 Å². The van der Waals surface area contributed by atoms with E-state index >= 15 is 0 Å². The third-order valence-electron chi connectivity index (χ3n) is 3.53. The molecule has 0 aliphatic heterocycles. The molecule has 0 fully saturated rings. The van der Waals surface area contributed by atoms with Crippen LogP contribution in [0.1, 0.15) is 5.56 Å². The summed E-state index contributed by atoms with van der Waals surface area (Å²) in [5, 5.41) is 9.72. The van der Waals surface area contributed by atoms with Gasteiger partial charge >= 0.3 is 6.03 Å². The van der Waals surface area contributed by atoms with E-state index in [1.165, 1.54) is 29.1 Å². The number of aryl methyl sites for hydroxylation is 1. The first-order valence-electron chi connectivity index (χ1n) is 7.75. The van der Waals surface area contributed by atoms with Gasteiger partial charge in [-0.3, -0.25) is 0 Å². The van der Waals surface area contributed by atoms with Crippen LogP contribution >= 0.6 is 11.6 Å². The van der Waals surface area contributed by atoms with E-state index in [-0.39, 0.29) is 17.8 Å². The molecule has 3 rings (SSSR count). The van der Waals surface area contributed by atoms with Crippen LogP contribution in [-0.2, 0) is 6.73 Å². The standard InChI is InChI=1S/C18H16ClFN4O2/c1-12-4-2-3-5-16(12)23-18(25)22-14-9-21-24(10-14)11-26-17-7-6-13(20)8-15(17)19/h2-10H,11H2,1H3,(H2,22,23,25). The Morgan fingerprint density at radius 3 is 2.85 bits per heavy atom. The molecule has 0 aliphatic carbocycles. The van der Waals surface area contributed by atoms with Gasteiger partial charge in [-0.25, -0.2) is 13.9 Å². The van der Waals surface area contributed by atoms with Crippen molar-refractivity contribution in [1.29, 1.82) is 0 Å². The number of rotatable bonds is 5. The third kappa shape index (κ3) is 4.52. The first-order chi connectivity index (χ1) is 12.5. The van der Waals surface area contributed by atoms with Crippen LogP contribution in [0.5, 0.6) is 5.75 Å². The topological polar surface area (TPSA) is 68.2 Å². The number of amides is 2. The molecule has 26 heavy (non-hydrogen) atoms. The van der Waals surface area contributed by atoms with Gasteiger partial charge in [0, 0.05) is 5.69 Å². The molecule has 3 aromatic rings. The van der Waals surface area contributed by atoms with Crippen LogP contribution in [-0.4, -0.2) is 15.8 Å². The van der Waals surface area contributed by atoms with E-state index in [4.69, 9.17) is 16.3 Å². The lowest BCUT2D eigenvalue weighted by Gasteiger charge is -2.09. The van der Waals surface area contributed by atoms with Crippen molar-refractivity contribution in [3.63, 3.8) is 0 Å². The maximum atomic E-state index is 13.0. The first kappa shape index (κ1) is 17.8. The van der Waals surface area contributed by atoms with Crippen LogP contribution in [0.25, 0.3) is 0 Å². The quantitative estimate of drug-likeness (QED) is 0.682. The maximum Gasteiger partial charge on any atom is 0.323 e. The second-order valence-electron chi connectivity index (χ2n) is 5.51. The van der Waals surface area contributed by atoms with E-state index in [1.54, 1.807) is 6.20 Å². The Hall–Kier alpha value is -3.06. The lowest BCUT2D eigenvalue weighted by molar-refractivity contribution is 0.221. The van der Waals surface area contributed by atoms with Crippen LogP contribution in [0.15, 0.2) is 54.9 Å². The van der Waals surface area contributed by atoms with Gasteiger partial charge in [0.05, 0.1) is 23.1 Å². The number of halogens is 2. The highest BCUT2D eigenvalue weighted by molar-refractivity contribution is 6.32. The van der Waals surface area contributed by atoms with Crippen molar-refractivity contribution in [2.75, 3.05) is 10.6 Å². The Balaban J connectivity index is 1.56. The molecule has 0 spiro atoms. The van der Waals surface area contributed by atoms with Crippen molar-refractivity contribution in [2.45, 2.75) is 13.7 Å². The summed E-state index contributed by atoms with van der Waals surface area (Å²) in [6, 6.07) is 11.0. The zero-order valence-corrected chi connectivity index (χ0v) is 14.6. The van der Waals surface area contributed by atoms with Crippen molar-refractivity contribution in [1.82, 2.24) is 9.78 Å². The predicted octanol–water partition coefficient (Wildman–Crippen LogP) is 4.66. The smallest absolute Gasteiger partial charge is 0.323 e. The highest BCUT2D eigenvalue weighted by atomic mass is 35.5. The van der Waals surface area contributed by atoms with Gasteiger partial charge in [-0.1, -0.05) is 29.8 Å². The molecule has 1 heterocycles. The van der Waals surface area contributed by atoms with Crippen LogP contribution in [0.4, 0.5) is 20.6 Å². The lowest BCUT2D eigenvalue weighted by atomic mass is 10.2. The summed E-state index contributed by atoms with van der Waals surface area (Å²) in [6.07, 6.45) is 3.10. The molecule has 0 radical (unpaired) electrons. The minimum Gasteiger partial charge on any atom is -0.470 e. The SMILES string of the molecule is Cc1ccccc1NC(=O)Nc1cnn(COc2ccc(F)cc2Cl)c1. The molecular formula is C18H16ClFN4O2. The fourth-order valence-electron chi connectivity index (χ4n) is 2.22. The number of hydrogen-bond donors (Lipinski definition) is 2. The molecule has 0 aliphatic rings. The van der Waals surface area contributed by atoms with Gasteiger partial charge in [-0.2, -0.15) is 5.10 Å². The molecule has 0 saturated heterocycles. The van der Waals surface area contributed by atoms with Crippen molar-refractivity contribution < 1.29 is 13.9 Å². The Bertz CT molecular complexity index is 929. The summed E-state index contributed by atoms with van der Waals surface area (Å²) in [4.78, 5) is 12.1. The number of urea groups is 1. The normalized spacial score (nSPS) is 10.4. The van der Waals surface area contributed by atoms with E-state index in [9.17, 15) is 9.18 Å². The number of benzene rings is 2. The van der Waals surface area contributed by atoms with Crippen molar-refractivity contribution >= 4 is 29.0 Å². The van der Waals surface area contributed by atoms with E-state index in [0.29, 0.717) is 11.4 Å². The average molecular weight is 375 g/mol. The van der Waals surface area contributed by atoms with Crippen LogP contribution < -0.4 is 15.4 Å². The van der Waals surface area contributed by atoms with Gasteiger partial charge < -0.3 is 15.4 Å². The van der Waals surface area contributed by atoms with Crippen LogP contribution in [0.2, 0.25) is 5.02 Å². The molecule has 134 valence electrons. The van der Waals surface area contributed by atoms with Gasteiger partial charge in [-0.15, -0.1) is 0 Å². The van der Waals surface area contributed by atoms with Gasteiger partial charge in [-0.05, 0) is 36.8 Å². The highest BCUT2D eigenvalue weighted by Gasteiger charge is 2.07. The summed E-state index contributed by atoms with van der Waals surface area (Å²) in [5.74, 6) is -0.0945. The molecule has 6 nitrogen and oxygen atoms in total. The number of carbonyl (C=O) groups is 1. The summed E-state index contributed by atoms with van der Waals surface area (Å²) in [6.45, 7) is 1.97. The van der Waals surface area contributed by atoms with Crippen LogP contribution in [0.3, 0.4) is 0 Å². The minimum absolute atomic E-state index is 0.0619. The van der Waals surface area contributed by atoms with Gasteiger partial charge in [0.15, 0.2) is 6.73 Å². The molecule has 2 amide bonds. The van der Waals surface area contributed by atoms with Gasteiger partial charge in [0.25, 0.3) is 0 Å². The average Bonchev–Trinajstić information content (AvgIpc) is 3.03. The zero-order valence-electron chi connectivity index (χ0n) is 13.9. The second kappa shape index (κ2) is 7.88. The molecular weight excluding hydrogens is 359 g/mol. The van der Waals surface area contributed by atoms with E-state index in [0.717, 1.165) is 11.3 Å². The molecule has 0 saturated carbocycles. The minimum atomic E-state index is -0.437. The van der Waals surface area contributed by atoms with Gasteiger partial charge in [0.2, 0.25) is 0 Å². The zero-order chi connectivity index (χ0) is 18.5. The van der Waals surface area contributed by atoms with Crippen molar-refractivity contribution in [2.24, 2.45) is 0 Å². The highest BCUT2D eigenvalue weighted by Crippen LogP contribution is 2.25. The Morgan fingerprint density at radius 1 is 1.27 bits per heavy atom. The van der Waals surface area contributed by atoms with E-state index in [2.05, 4.69) is 15.7 Å². The van der Waals surface area contributed by atoms with Crippen molar-refractivity contribution in [3.05, 3.63) is 71.3 Å². The van der Waals surface area contributed by atoms with Crippen molar-refractivity contribution in [3.8, 4) is 5.75 Å². The largest absolute Gasteiger partial charge is 0.470 e. The molecule has 0 bridgehead atoms. The monoisotopic (exact) mass is 374 g/mol. The predicted molar refractivity (Wildman–Crippen MR) is 98.1 cm³/mol. The molecule has 2 aromatic carbocycles. The molecule has 2 N–H and O–H groups in total. The fraction of sp³-hybridized carbons (Fsp3) is 0.111. The lowest BCUT2D eigenvalue weighted by Crippen LogP contribution is -2.19. The Morgan fingerprint density at radius 2 is 2.08 bits per heavy atom. The first-order valence-corrected chi connectivity index (χ1v) is 8.13.